The van der Waals surface area contributed by atoms with E-state index < -0.39 is 6.30 Å². The van der Waals surface area contributed by atoms with Crippen molar-refractivity contribution in [1.29, 1.82) is 0 Å². The van der Waals surface area contributed by atoms with Gasteiger partial charge in [0, 0.05) is 6.42 Å². The van der Waals surface area contributed by atoms with Gasteiger partial charge in [0.1, 0.15) is 17.5 Å². The largest absolute Gasteiger partial charge is 0.383 e. The summed E-state index contributed by atoms with van der Waals surface area (Å²) < 4.78 is 13.7. The van der Waals surface area contributed by atoms with Crippen molar-refractivity contribution in [1.82, 2.24) is 9.97 Å². The first-order valence-corrected chi connectivity index (χ1v) is 5.53. The van der Waals surface area contributed by atoms with E-state index in [1.165, 1.54) is 6.08 Å². The van der Waals surface area contributed by atoms with Crippen LogP contribution >= 0.6 is 0 Å². The highest BCUT2D eigenvalue weighted by atomic mass is 19.1. The average molecular weight is 248 g/mol. The molecule has 0 fully saturated rings. The molecule has 0 aliphatic rings. The van der Waals surface area contributed by atoms with E-state index in [4.69, 9.17) is 5.73 Å². The number of halogens is 1. The van der Waals surface area contributed by atoms with E-state index in [9.17, 15) is 4.39 Å². The Morgan fingerprint density at radius 1 is 1.44 bits per heavy atom. The monoisotopic (exact) mass is 248 g/mol. The van der Waals surface area contributed by atoms with Gasteiger partial charge in [-0.05, 0) is 6.92 Å². The first-order chi connectivity index (χ1) is 8.58. The highest BCUT2D eigenvalue weighted by molar-refractivity contribution is 5.71. The van der Waals surface area contributed by atoms with Crippen LogP contribution < -0.4 is 11.1 Å². The number of anilines is 2. The maximum Gasteiger partial charge on any atom is 0.174 e. The minimum atomic E-state index is -1.26. The lowest BCUT2D eigenvalue weighted by Gasteiger charge is -2.13. The molecule has 1 heterocycles. The third kappa shape index (κ3) is 3.69. The van der Waals surface area contributed by atoms with Gasteiger partial charge in [-0.2, -0.15) is 0 Å². The Hall–Kier alpha value is -2.17. The molecule has 0 saturated carbocycles. The molecule has 0 aliphatic heterocycles. The molecule has 0 bridgehead atoms. The van der Waals surface area contributed by atoms with Crippen molar-refractivity contribution in [3.05, 3.63) is 42.8 Å². The second-order valence-corrected chi connectivity index (χ2v) is 3.63. The Labute approximate surface area is 106 Å². The number of aromatic nitrogens is 2. The molecule has 18 heavy (non-hydrogen) atoms. The van der Waals surface area contributed by atoms with Gasteiger partial charge in [-0.15, -0.1) is 0 Å². The minimum absolute atomic E-state index is 0.214. The van der Waals surface area contributed by atoms with Crippen LogP contribution in [-0.2, 0) is 0 Å². The van der Waals surface area contributed by atoms with E-state index in [0.29, 0.717) is 17.2 Å². The molecule has 1 aromatic heterocycles. The minimum Gasteiger partial charge on any atom is -0.383 e. The van der Waals surface area contributed by atoms with Gasteiger partial charge < -0.3 is 11.1 Å². The molecule has 1 atom stereocenters. The van der Waals surface area contributed by atoms with E-state index in [-0.39, 0.29) is 12.2 Å². The van der Waals surface area contributed by atoms with Crippen molar-refractivity contribution in [2.75, 3.05) is 11.1 Å². The molecule has 3 N–H and O–H groups in total. The number of rotatable bonds is 6. The maximum absolute atomic E-state index is 13.7. The Morgan fingerprint density at radius 3 is 2.78 bits per heavy atom. The predicted molar refractivity (Wildman–Crippen MR) is 73.7 cm³/mol. The van der Waals surface area contributed by atoms with Crippen molar-refractivity contribution in [3.8, 4) is 0 Å². The molecule has 96 valence electrons. The summed E-state index contributed by atoms with van der Waals surface area (Å²) in [6, 6.07) is 0. The molecule has 0 aromatic carbocycles. The van der Waals surface area contributed by atoms with Crippen LogP contribution in [0.2, 0.25) is 0 Å². The number of aryl methyl sites for hydroxylation is 1. The van der Waals surface area contributed by atoms with E-state index in [0.717, 1.165) is 0 Å². The third-order valence-electron chi connectivity index (χ3n) is 2.20. The molecule has 5 heteroatoms. The first kappa shape index (κ1) is 13.9. The predicted octanol–water partition coefficient (Wildman–Crippen LogP) is 2.85. The Kier molecular flexibility index (Phi) is 5.05. The van der Waals surface area contributed by atoms with E-state index in [1.807, 2.05) is 0 Å². The topological polar surface area (TPSA) is 63.8 Å². The molecule has 1 rings (SSSR count). The van der Waals surface area contributed by atoms with Crippen molar-refractivity contribution in [2.45, 2.75) is 19.6 Å². The quantitative estimate of drug-likeness (QED) is 0.600. The average Bonchev–Trinajstić information content (AvgIpc) is 2.28. The number of allylic oxidation sites excluding steroid dienone is 2. The van der Waals surface area contributed by atoms with Crippen LogP contribution in [0.25, 0.3) is 6.08 Å². The summed E-state index contributed by atoms with van der Waals surface area (Å²) in [5.74, 6) is 1.12. The van der Waals surface area contributed by atoms with Gasteiger partial charge in [0.2, 0.25) is 0 Å². The van der Waals surface area contributed by atoms with Crippen LogP contribution in [0.1, 0.15) is 17.8 Å². The summed E-state index contributed by atoms with van der Waals surface area (Å²) in [6.07, 6.45) is 5.41. The van der Waals surface area contributed by atoms with Gasteiger partial charge in [-0.3, -0.25) is 0 Å². The number of hydrogen-bond donors (Lipinski definition) is 2. The number of nitrogens with two attached hydrogens (primary N) is 1. The third-order valence-corrected chi connectivity index (χ3v) is 2.20. The standard InChI is InChI=1S/C13H17FN4/c1-4-6-7-8-11(14)18-13-10(5-2)12(15)16-9(3)17-13/h4-7,11H,1-2,8H2,3H3,(H3,15,16,17,18)/b7-6-. The Bertz CT molecular complexity index is 468. The van der Waals surface area contributed by atoms with E-state index in [2.05, 4.69) is 28.4 Å². The maximum atomic E-state index is 13.7. The zero-order chi connectivity index (χ0) is 13.5. The molecular formula is C13H17FN4. The lowest BCUT2D eigenvalue weighted by molar-refractivity contribution is 0.375. The molecule has 0 spiro atoms. The van der Waals surface area contributed by atoms with Crippen molar-refractivity contribution in [2.24, 2.45) is 0 Å². The Morgan fingerprint density at radius 2 is 2.17 bits per heavy atom. The summed E-state index contributed by atoms with van der Waals surface area (Å²) in [5.41, 5.74) is 6.23. The fourth-order valence-electron chi connectivity index (χ4n) is 1.42. The Balaban J connectivity index is 2.86. The van der Waals surface area contributed by atoms with Crippen LogP contribution in [0, 0.1) is 6.92 Å². The summed E-state index contributed by atoms with van der Waals surface area (Å²) in [5, 5.41) is 2.65. The zero-order valence-corrected chi connectivity index (χ0v) is 10.4. The number of nitrogen functional groups attached to an aromatic ring is 1. The summed E-state index contributed by atoms with van der Waals surface area (Å²) in [6.45, 7) is 8.82. The second-order valence-electron chi connectivity index (χ2n) is 3.63. The second kappa shape index (κ2) is 6.54. The van der Waals surface area contributed by atoms with E-state index in [1.54, 1.807) is 25.2 Å². The molecule has 1 unspecified atom stereocenters. The molecule has 0 amide bonds. The molecule has 1 aromatic rings. The molecule has 0 radical (unpaired) electrons. The molecular weight excluding hydrogens is 231 g/mol. The highest BCUT2D eigenvalue weighted by Crippen LogP contribution is 2.21. The number of alkyl halides is 1. The summed E-state index contributed by atoms with van der Waals surface area (Å²) >= 11 is 0. The van der Waals surface area contributed by atoms with Crippen LogP contribution in [0.15, 0.2) is 31.4 Å². The van der Waals surface area contributed by atoms with E-state index >= 15 is 0 Å². The van der Waals surface area contributed by atoms with Crippen LogP contribution in [0.4, 0.5) is 16.0 Å². The number of nitrogens with one attached hydrogen (secondary N) is 1. The summed E-state index contributed by atoms with van der Waals surface area (Å²) in [7, 11) is 0. The van der Waals surface area contributed by atoms with Crippen LogP contribution in [-0.4, -0.2) is 16.3 Å². The number of hydrogen-bond acceptors (Lipinski definition) is 4. The van der Waals surface area contributed by atoms with Gasteiger partial charge in [-0.1, -0.05) is 37.5 Å². The van der Waals surface area contributed by atoms with Crippen LogP contribution in [0.5, 0.6) is 0 Å². The normalized spacial score (nSPS) is 12.3. The van der Waals surface area contributed by atoms with Crippen molar-refractivity contribution >= 4 is 17.7 Å². The van der Waals surface area contributed by atoms with Gasteiger partial charge in [-0.25, -0.2) is 14.4 Å². The van der Waals surface area contributed by atoms with Crippen molar-refractivity contribution in [3.63, 3.8) is 0 Å². The fraction of sp³-hybridized carbons (Fsp3) is 0.231. The highest BCUT2D eigenvalue weighted by Gasteiger charge is 2.11. The van der Waals surface area contributed by atoms with Gasteiger partial charge in [0.05, 0.1) is 5.56 Å². The molecule has 4 nitrogen and oxygen atoms in total. The van der Waals surface area contributed by atoms with Gasteiger partial charge in [0.15, 0.2) is 6.30 Å². The smallest absolute Gasteiger partial charge is 0.174 e. The molecule has 0 aliphatic carbocycles. The van der Waals surface area contributed by atoms with Crippen molar-refractivity contribution < 1.29 is 4.39 Å². The SMILES string of the molecule is C=C/C=C\CC(F)Nc1nc(C)nc(N)c1C=C. The van der Waals surface area contributed by atoms with Gasteiger partial charge >= 0.3 is 0 Å². The fourth-order valence-corrected chi connectivity index (χ4v) is 1.42. The lowest BCUT2D eigenvalue weighted by Crippen LogP contribution is -2.16. The molecule has 0 saturated heterocycles. The lowest BCUT2D eigenvalue weighted by atomic mass is 10.2. The summed E-state index contributed by atoms with van der Waals surface area (Å²) in [4.78, 5) is 8.11. The first-order valence-electron chi connectivity index (χ1n) is 5.53. The van der Waals surface area contributed by atoms with Gasteiger partial charge in [0.25, 0.3) is 0 Å². The zero-order valence-electron chi connectivity index (χ0n) is 10.4. The van der Waals surface area contributed by atoms with Crippen LogP contribution in [0.3, 0.4) is 0 Å². The number of nitrogens with zero attached hydrogens (tertiary/aromatic N) is 2.